The quantitative estimate of drug-likeness (QED) is 0.502. The highest BCUT2D eigenvalue weighted by Crippen LogP contribution is 2.21. The molecule has 0 unspecified atom stereocenters. The highest BCUT2D eigenvalue weighted by atomic mass is 16.3. The van der Waals surface area contributed by atoms with Gasteiger partial charge in [0, 0.05) is 44.7 Å². The van der Waals surface area contributed by atoms with Crippen molar-refractivity contribution >= 4 is 16.7 Å². The fourth-order valence-corrected chi connectivity index (χ4v) is 4.10. The first-order valence-electron chi connectivity index (χ1n) is 11.4. The van der Waals surface area contributed by atoms with E-state index in [1.807, 2.05) is 24.3 Å². The number of phenolic OH excluding ortho intramolecular Hbond substituents is 1. The van der Waals surface area contributed by atoms with Crippen LogP contribution in [-0.2, 0) is 13.1 Å². The van der Waals surface area contributed by atoms with Gasteiger partial charge in [0.15, 0.2) is 0 Å². The Morgan fingerprint density at radius 3 is 2.31 bits per heavy atom. The topological polar surface area (TPSA) is 67.8 Å². The number of aromatic nitrogens is 2. The molecule has 2 aromatic carbocycles. The molecule has 7 nitrogen and oxygen atoms in total. The molecular formula is C25H34N6O. The van der Waals surface area contributed by atoms with Crippen molar-refractivity contribution < 1.29 is 5.11 Å². The van der Waals surface area contributed by atoms with Crippen LogP contribution in [0.2, 0.25) is 0 Å². The second-order valence-electron chi connectivity index (χ2n) is 8.81. The van der Waals surface area contributed by atoms with Crippen LogP contribution in [0, 0.1) is 0 Å². The van der Waals surface area contributed by atoms with Crippen LogP contribution < -0.4 is 5.32 Å². The summed E-state index contributed by atoms with van der Waals surface area (Å²) >= 11 is 0. The lowest BCUT2D eigenvalue weighted by molar-refractivity contribution is 0.120. The predicted molar refractivity (Wildman–Crippen MR) is 130 cm³/mol. The van der Waals surface area contributed by atoms with Gasteiger partial charge in [-0.25, -0.2) is 9.97 Å². The molecule has 4 rings (SSSR count). The fourth-order valence-electron chi connectivity index (χ4n) is 4.10. The lowest BCUT2D eigenvalue weighted by Gasteiger charge is -2.34. The minimum atomic E-state index is 0.320. The molecule has 0 spiro atoms. The highest BCUT2D eigenvalue weighted by molar-refractivity contribution is 5.88. The molecule has 7 heteroatoms. The number of anilines is 1. The molecule has 0 aliphatic carbocycles. The molecule has 0 amide bonds. The van der Waals surface area contributed by atoms with Crippen LogP contribution >= 0.6 is 0 Å². The number of piperazine rings is 1. The van der Waals surface area contributed by atoms with Crippen molar-refractivity contribution in [1.29, 1.82) is 0 Å². The SMILES string of the molecule is CN(C)CCCNc1nc(CN2CCN(Cc3ccc(O)cc3)CC2)nc2ccccc12. The minimum Gasteiger partial charge on any atom is -0.508 e. The molecule has 0 saturated carbocycles. The van der Waals surface area contributed by atoms with Gasteiger partial charge in [0.25, 0.3) is 0 Å². The zero-order valence-corrected chi connectivity index (χ0v) is 19.2. The summed E-state index contributed by atoms with van der Waals surface area (Å²) in [5.41, 5.74) is 2.23. The van der Waals surface area contributed by atoms with Crippen molar-refractivity contribution in [1.82, 2.24) is 24.7 Å². The number of nitrogens with one attached hydrogen (secondary N) is 1. The van der Waals surface area contributed by atoms with Crippen molar-refractivity contribution in [3.05, 3.63) is 59.9 Å². The Balaban J connectivity index is 1.36. The highest BCUT2D eigenvalue weighted by Gasteiger charge is 2.19. The van der Waals surface area contributed by atoms with Gasteiger partial charge in [0.1, 0.15) is 17.4 Å². The van der Waals surface area contributed by atoms with E-state index >= 15 is 0 Å². The summed E-state index contributed by atoms with van der Waals surface area (Å²) in [5.74, 6) is 2.14. The molecule has 1 aromatic heterocycles. The molecule has 2 heterocycles. The van der Waals surface area contributed by atoms with Gasteiger partial charge in [0.2, 0.25) is 0 Å². The van der Waals surface area contributed by atoms with Gasteiger partial charge in [-0.2, -0.15) is 0 Å². The average molecular weight is 435 g/mol. The van der Waals surface area contributed by atoms with Gasteiger partial charge in [-0.15, -0.1) is 0 Å². The lowest BCUT2D eigenvalue weighted by atomic mass is 10.2. The summed E-state index contributed by atoms with van der Waals surface area (Å²) in [7, 11) is 4.20. The Kier molecular flexibility index (Phi) is 7.52. The Morgan fingerprint density at radius 1 is 0.906 bits per heavy atom. The smallest absolute Gasteiger partial charge is 0.145 e. The first kappa shape index (κ1) is 22.5. The molecule has 2 N–H and O–H groups in total. The van der Waals surface area contributed by atoms with Crippen molar-refractivity contribution in [3.63, 3.8) is 0 Å². The van der Waals surface area contributed by atoms with E-state index in [-0.39, 0.29) is 0 Å². The number of hydrogen-bond donors (Lipinski definition) is 2. The largest absolute Gasteiger partial charge is 0.508 e. The van der Waals surface area contributed by atoms with Gasteiger partial charge in [0.05, 0.1) is 12.1 Å². The number of aromatic hydroxyl groups is 1. The standard InChI is InChI=1S/C25H34N6O/c1-29(2)13-5-12-26-25-22-6-3-4-7-23(22)27-24(28-25)19-31-16-14-30(15-17-31)18-20-8-10-21(32)11-9-20/h3-4,6-11,32H,5,12-19H2,1-2H3,(H,26,27,28). The Labute approximate surface area is 190 Å². The van der Waals surface area contributed by atoms with Crippen LogP contribution in [0.15, 0.2) is 48.5 Å². The van der Waals surface area contributed by atoms with E-state index in [1.165, 1.54) is 5.56 Å². The maximum atomic E-state index is 9.47. The average Bonchev–Trinajstić information content (AvgIpc) is 2.79. The normalized spacial score (nSPS) is 15.5. The third-order valence-electron chi connectivity index (χ3n) is 5.90. The molecule has 1 aliphatic heterocycles. The predicted octanol–water partition coefficient (Wildman–Crippen LogP) is 3.02. The van der Waals surface area contributed by atoms with Crippen LogP contribution in [0.5, 0.6) is 5.75 Å². The summed E-state index contributed by atoms with van der Waals surface area (Å²) < 4.78 is 0. The van der Waals surface area contributed by atoms with E-state index in [9.17, 15) is 5.11 Å². The van der Waals surface area contributed by atoms with Crippen LogP contribution in [0.4, 0.5) is 5.82 Å². The summed E-state index contributed by atoms with van der Waals surface area (Å²) in [5, 5.41) is 14.1. The summed E-state index contributed by atoms with van der Waals surface area (Å²) in [4.78, 5) is 16.8. The summed E-state index contributed by atoms with van der Waals surface area (Å²) in [6.07, 6.45) is 1.07. The molecule has 0 atom stereocenters. The van der Waals surface area contributed by atoms with Crippen molar-refractivity contribution in [2.45, 2.75) is 19.5 Å². The third kappa shape index (κ3) is 6.16. The number of para-hydroxylation sites is 1. The zero-order valence-electron chi connectivity index (χ0n) is 19.2. The first-order valence-corrected chi connectivity index (χ1v) is 11.4. The molecule has 32 heavy (non-hydrogen) atoms. The third-order valence-corrected chi connectivity index (χ3v) is 5.90. The van der Waals surface area contributed by atoms with Gasteiger partial charge in [-0.3, -0.25) is 9.80 Å². The summed E-state index contributed by atoms with van der Waals surface area (Å²) in [6.45, 7) is 7.67. The number of phenols is 1. The van der Waals surface area contributed by atoms with E-state index in [0.29, 0.717) is 5.75 Å². The van der Waals surface area contributed by atoms with Crippen molar-refractivity contribution in [2.75, 3.05) is 58.7 Å². The molecule has 3 aromatic rings. The lowest BCUT2D eigenvalue weighted by Crippen LogP contribution is -2.45. The molecule has 1 aliphatic rings. The second kappa shape index (κ2) is 10.7. The first-order chi connectivity index (χ1) is 15.6. The van der Waals surface area contributed by atoms with E-state index < -0.39 is 0 Å². The fraction of sp³-hybridized carbons (Fsp3) is 0.440. The van der Waals surface area contributed by atoms with E-state index in [2.05, 4.69) is 46.2 Å². The number of benzene rings is 2. The van der Waals surface area contributed by atoms with Gasteiger partial charge >= 0.3 is 0 Å². The van der Waals surface area contributed by atoms with Crippen LogP contribution in [0.25, 0.3) is 10.9 Å². The second-order valence-corrected chi connectivity index (χ2v) is 8.81. The van der Waals surface area contributed by atoms with E-state index in [1.54, 1.807) is 12.1 Å². The monoisotopic (exact) mass is 434 g/mol. The Bertz CT molecular complexity index is 999. The number of hydrogen-bond acceptors (Lipinski definition) is 7. The zero-order chi connectivity index (χ0) is 22.3. The molecular weight excluding hydrogens is 400 g/mol. The molecule has 170 valence electrons. The van der Waals surface area contributed by atoms with Crippen LogP contribution in [-0.4, -0.2) is 83.1 Å². The number of fused-ring (bicyclic) bond motifs is 1. The van der Waals surface area contributed by atoms with E-state index in [0.717, 1.165) is 81.3 Å². The van der Waals surface area contributed by atoms with Crippen molar-refractivity contribution in [3.8, 4) is 5.75 Å². The summed E-state index contributed by atoms with van der Waals surface area (Å²) in [6, 6.07) is 15.8. The maximum absolute atomic E-state index is 9.47. The molecule has 1 saturated heterocycles. The van der Waals surface area contributed by atoms with Crippen LogP contribution in [0.1, 0.15) is 17.8 Å². The van der Waals surface area contributed by atoms with Gasteiger partial charge in [-0.1, -0.05) is 24.3 Å². The van der Waals surface area contributed by atoms with E-state index in [4.69, 9.17) is 9.97 Å². The minimum absolute atomic E-state index is 0.320. The molecule has 0 radical (unpaired) electrons. The van der Waals surface area contributed by atoms with Crippen LogP contribution in [0.3, 0.4) is 0 Å². The maximum Gasteiger partial charge on any atom is 0.145 e. The Hall–Kier alpha value is -2.74. The Morgan fingerprint density at radius 2 is 1.59 bits per heavy atom. The van der Waals surface area contributed by atoms with Gasteiger partial charge < -0.3 is 15.3 Å². The van der Waals surface area contributed by atoms with Gasteiger partial charge in [-0.05, 0) is 56.9 Å². The molecule has 0 bridgehead atoms. The van der Waals surface area contributed by atoms with Crippen molar-refractivity contribution in [2.24, 2.45) is 0 Å². The number of nitrogens with zero attached hydrogens (tertiary/aromatic N) is 5. The molecule has 1 fully saturated rings. The number of rotatable bonds is 9.